The first kappa shape index (κ1) is 20.6. The largest absolute Gasteiger partial charge is 0.469 e. The number of carbonyl (C=O) groups is 2. The van der Waals surface area contributed by atoms with Gasteiger partial charge in [-0.15, -0.1) is 0 Å². The summed E-state index contributed by atoms with van der Waals surface area (Å²) in [5.74, 6) is -2.24. The molecule has 0 spiro atoms. The van der Waals surface area contributed by atoms with Gasteiger partial charge in [0.15, 0.2) is 0 Å². The van der Waals surface area contributed by atoms with Gasteiger partial charge in [0.1, 0.15) is 6.10 Å². The van der Waals surface area contributed by atoms with Crippen LogP contribution in [0.2, 0.25) is 0 Å². The first-order chi connectivity index (χ1) is 13.3. The number of carbonyl (C=O) groups excluding carboxylic acids is 2. The molecule has 0 bridgehead atoms. The first-order valence-corrected chi connectivity index (χ1v) is 9.22. The number of hydrogen-bond acceptors (Lipinski definition) is 5. The number of fused-ring (bicyclic) bond motifs is 1. The molecular weight excluding hydrogens is 377 g/mol. The average Bonchev–Trinajstić information content (AvgIpc) is 2.63. The Morgan fingerprint density at radius 3 is 2.11 bits per heavy atom. The van der Waals surface area contributed by atoms with E-state index in [1.54, 1.807) is 6.07 Å². The van der Waals surface area contributed by atoms with E-state index in [9.17, 15) is 22.8 Å². The van der Waals surface area contributed by atoms with Gasteiger partial charge in [-0.1, -0.05) is 30.3 Å². The van der Waals surface area contributed by atoms with Crippen LogP contribution in [-0.2, 0) is 29.4 Å². The highest BCUT2D eigenvalue weighted by molar-refractivity contribution is 5.83. The number of rotatable bonds is 5. The number of alkyl halides is 3. The third kappa shape index (κ3) is 3.27. The van der Waals surface area contributed by atoms with E-state index in [1.807, 2.05) is 0 Å². The highest BCUT2D eigenvalue weighted by Gasteiger charge is 2.65. The number of methoxy groups -OCH3 is 2. The van der Waals surface area contributed by atoms with Crippen molar-refractivity contribution >= 4 is 11.9 Å². The molecule has 0 aliphatic heterocycles. The molecule has 5 atom stereocenters. The van der Waals surface area contributed by atoms with Crippen LogP contribution in [0.3, 0.4) is 0 Å². The van der Waals surface area contributed by atoms with Crippen molar-refractivity contribution in [2.45, 2.75) is 43.6 Å². The molecule has 0 saturated heterocycles. The Morgan fingerprint density at radius 2 is 1.61 bits per heavy atom. The van der Waals surface area contributed by atoms with Crippen LogP contribution >= 0.6 is 0 Å². The van der Waals surface area contributed by atoms with Gasteiger partial charge in [0.25, 0.3) is 5.60 Å². The Kier molecular flexibility index (Phi) is 5.70. The van der Waals surface area contributed by atoms with Gasteiger partial charge in [0.2, 0.25) is 0 Å². The molecule has 1 aromatic carbocycles. The van der Waals surface area contributed by atoms with Gasteiger partial charge >= 0.3 is 18.1 Å². The maximum Gasteiger partial charge on any atom is 0.432 e. The lowest BCUT2D eigenvalue weighted by Gasteiger charge is -2.49. The van der Waals surface area contributed by atoms with E-state index < -0.39 is 23.9 Å². The summed E-state index contributed by atoms with van der Waals surface area (Å²) < 4.78 is 56.9. The second-order valence-corrected chi connectivity index (χ2v) is 7.30. The normalized spacial score (nSPS) is 29.0. The third-order valence-corrected chi connectivity index (χ3v) is 6.08. The molecule has 8 heteroatoms. The SMILES string of the molecule is COC(=O)[C@H]1CC[C@@H](OC(=O)[C@@](OC)(c2ccccc2)C(F)(F)F)[C@@H]2CC[C@@H]21. The van der Waals surface area contributed by atoms with E-state index in [4.69, 9.17) is 14.2 Å². The van der Waals surface area contributed by atoms with Gasteiger partial charge in [-0.3, -0.25) is 4.79 Å². The van der Waals surface area contributed by atoms with E-state index >= 15 is 0 Å². The molecule has 154 valence electrons. The van der Waals surface area contributed by atoms with Crippen LogP contribution in [0.15, 0.2) is 30.3 Å². The summed E-state index contributed by atoms with van der Waals surface area (Å²) in [7, 11) is 2.17. The van der Waals surface area contributed by atoms with Crippen LogP contribution in [0.1, 0.15) is 31.2 Å². The lowest BCUT2D eigenvalue weighted by molar-refractivity contribution is -0.280. The Bertz CT molecular complexity index is 720. The second-order valence-electron chi connectivity index (χ2n) is 7.30. The summed E-state index contributed by atoms with van der Waals surface area (Å²) >= 11 is 0. The van der Waals surface area contributed by atoms with Gasteiger partial charge < -0.3 is 14.2 Å². The van der Waals surface area contributed by atoms with Gasteiger partial charge in [-0.25, -0.2) is 4.79 Å². The van der Waals surface area contributed by atoms with E-state index in [1.165, 1.54) is 31.4 Å². The van der Waals surface area contributed by atoms with Crippen LogP contribution in [-0.4, -0.2) is 38.4 Å². The first-order valence-electron chi connectivity index (χ1n) is 9.22. The monoisotopic (exact) mass is 400 g/mol. The minimum atomic E-state index is -5.00. The van der Waals surface area contributed by atoms with Gasteiger partial charge in [0, 0.05) is 12.7 Å². The van der Waals surface area contributed by atoms with Crippen molar-refractivity contribution in [3.05, 3.63) is 35.9 Å². The van der Waals surface area contributed by atoms with E-state index in [2.05, 4.69) is 0 Å². The molecule has 0 N–H and O–H groups in total. The average molecular weight is 400 g/mol. The maximum absolute atomic E-state index is 14.0. The Labute approximate surface area is 161 Å². The molecule has 0 amide bonds. The molecule has 0 heterocycles. The standard InChI is InChI=1S/C20H23F3O5/c1-26-17(24)15-10-11-16(14-9-8-13(14)15)28-18(25)19(27-2,20(21,22)23)12-6-4-3-5-7-12/h3-7,13-16H,8-11H2,1-2H3/t13-,14+,15-,16+,19-/m0/s1. The molecule has 0 unspecified atom stereocenters. The smallest absolute Gasteiger partial charge is 0.432 e. The molecule has 3 rings (SSSR count). The Morgan fingerprint density at radius 1 is 0.964 bits per heavy atom. The van der Waals surface area contributed by atoms with Crippen LogP contribution in [0.5, 0.6) is 0 Å². The van der Waals surface area contributed by atoms with Gasteiger partial charge in [-0.05, 0) is 37.5 Å². The molecule has 0 aromatic heterocycles. The number of benzene rings is 1. The fourth-order valence-electron chi connectivity index (χ4n) is 4.48. The fourth-order valence-corrected chi connectivity index (χ4v) is 4.48. The topological polar surface area (TPSA) is 61.8 Å². The molecule has 1 aromatic rings. The summed E-state index contributed by atoms with van der Waals surface area (Å²) in [6.45, 7) is 0. The zero-order valence-electron chi connectivity index (χ0n) is 15.7. The quantitative estimate of drug-likeness (QED) is 0.707. The van der Waals surface area contributed by atoms with Crippen molar-refractivity contribution in [1.29, 1.82) is 0 Å². The van der Waals surface area contributed by atoms with Crippen LogP contribution in [0, 0.1) is 17.8 Å². The number of hydrogen-bond donors (Lipinski definition) is 0. The van der Waals surface area contributed by atoms with Crippen molar-refractivity contribution in [2.24, 2.45) is 17.8 Å². The number of esters is 2. The highest BCUT2D eigenvalue weighted by atomic mass is 19.4. The molecule has 2 fully saturated rings. The molecule has 28 heavy (non-hydrogen) atoms. The molecule has 2 aliphatic carbocycles. The highest BCUT2D eigenvalue weighted by Crippen LogP contribution is 2.51. The number of ether oxygens (including phenoxy) is 3. The molecule has 2 aliphatic rings. The zero-order chi connectivity index (χ0) is 20.5. The summed E-state index contributed by atoms with van der Waals surface area (Å²) in [5, 5.41) is 0. The Hall–Kier alpha value is -2.09. The van der Waals surface area contributed by atoms with E-state index in [0.717, 1.165) is 13.5 Å². The van der Waals surface area contributed by atoms with Crippen LogP contribution in [0.4, 0.5) is 13.2 Å². The predicted octanol–water partition coefficient (Wildman–Crippen LogP) is 3.61. The molecular formula is C20H23F3O5. The van der Waals surface area contributed by atoms with Gasteiger partial charge in [-0.2, -0.15) is 13.2 Å². The maximum atomic E-state index is 14.0. The third-order valence-electron chi connectivity index (χ3n) is 6.08. The van der Waals surface area contributed by atoms with Crippen molar-refractivity contribution in [1.82, 2.24) is 0 Å². The summed E-state index contributed by atoms with van der Waals surface area (Å²) in [6.07, 6.45) is -3.46. The minimum absolute atomic E-state index is 0.0291. The Balaban J connectivity index is 1.83. The summed E-state index contributed by atoms with van der Waals surface area (Å²) in [6, 6.07) is 6.76. The van der Waals surface area contributed by atoms with Crippen molar-refractivity contribution in [3.63, 3.8) is 0 Å². The van der Waals surface area contributed by atoms with Crippen molar-refractivity contribution < 1.29 is 37.0 Å². The molecule has 0 radical (unpaired) electrons. The van der Waals surface area contributed by atoms with Crippen LogP contribution < -0.4 is 0 Å². The molecule has 5 nitrogen and oxygen atoms in total. The minimum Gasteiger partial charge on any atom is -0.469 e. The lowest BCUT2D eigenvalue weighted by Crippen LogP contribution is -2.55. The van der Waals surface area contributed by atoms with E-state index in [-0.39, 0.29) is 29.3 Å². The summed E-state index contributed by atoms with van der Waals surface area (Å²) in [5.41, 5.74) is -3.52. The van der Waals surface area contributed by atoms with Crippen molar-refractivity contribution in [3.8, 4) is 0 Å². The van der Waals surface area contributed by atoms with E-state index in [0.29, 0.717) is 19.3 Å². The molecule has 2 saturated carbocycles. The fraction of sp³-hybridized carbons (Fsp3) is 0.600. The van der Waals surface area contributed by atoms with Crippen molar-refractivity contribution in [2.75, 3.05) is 14.2 Å². The second kappa shape index (κ2) is 7.73. The summed E-state index contributed by atoms with van der Waals surface area (Å²) in [4.78, 5) is 24.7. The predicted molar refractivity (Wildman–Crippen MR) is 92.0 cm³/mol. The zero-order valence-corrected chi connectivity index (χ0v) is 15.7. The lowest BCUT2D eigenvalue weighted by atomic mass is 9.59. The van der Waals surface area contributed by atoms with Crippen LogP contribution in [0.25, 0.3) is 0 Å². The van der Waals surface area contributed by atoms with Gasteiger partial charge in [0.05, 0.1) is 13.0 Å². The number of halogens is 3.